The van der Waals surface area contributed by atoms with Crippen LogP contribution in [0.2, 0.25) is 0 Å². The molecule has 0 aromatic heterocycles. The fraction of sp³-hybridized carbons (Fsp3) is 0.600. The van der Waals surface area contributed by atoms with Crippen LogP contribution in [0.4, 0.5) is 5.69 Å². The molecule has 1 N–H and O–H groups in total. The van der Waals surface area contributed by atoms with Crippen LogP contribution >= 0.6 is 0 Å². The minimum absolute atomic E-state index is 0.531. The van der Waals surface area contributed by atoms with E-state index in [-0.39, 0.29) is 0 Å². The minimum Gasteiger partial charge on any atom is -0.495 e. The molecule has 100 valence electrons. The highest BCUT2D eigenvalue weighted by Crippen LogP contribution is 2.27. The number of anilines is 1. The average Bonchev–Trinajstić information content (AvgIpc) is 2.80. The summed E-state index contributed by atoms with van der Waals surface area (Å²) < 4.78 is 5.43. The van der Waals surface area contributed by atoms with Crippen molar-refractivity contribution < 1.29 is 4.74 Å². The number of methoxy groups -OCH3 is 1. The summed E-state index contributed by atoms with van der Waals surface area (Å²) >= 11 is 0. The fourth-order valence-electron chi connectivity index (χ4n) is 2.51. The zero-order valence-electron chi connectivity index (χ0n) is 11.9. The molecule has 0 bridgehead atoms. The maximum Gasteiger partial charge on any atom is 0.142 e. The van der Waals surface area contributed by atoms with Gasteiger partial charge in [-0.2, -0.15) is 0 Å². The molecule has 1 aromatic rings. The van der Waals surface area contributed by atoms with Crippen molar-refractivity contribution in [3.05, 3.63) is 23.8 Å². The van der Waals surface area contributed by atoms with Gasteiger partial charge in [0.1, 0.15) is 5.75 Å². The quantitative estimate of drug-likeness (QED) is 0.886. The molecule has 0 saturated carbocycles. The molecule has 0 amide bonds. The van der Waals surface area contributed by atoms with Gasteiger partial charge < -0.3 is 10.1 Å². The lowest BCUT2D eigenvalue weighted by atomic mass is 10.2. The Morgan fingerprint density at radius 1 is 1.39 bits per heavy atom. The van der Waals surface area contributed by atoms with E-state index in [0.29, 0.717) is 12.1 Å². The van der Waals surface area contributed by atoms with Gasteiger partial charge >= 0.3 is 0 Å². The van der Waals surface area contributed by atoms with Gasteiger partial charge in [0, 0.05) is 25.2 Å². The summed E-state index contributed by atoms with van der Waals surface area (Å²) in [6.07, 6.45) is 1.20. The van der Waals surface area contributed by atoms with Crippen LogP contribution in [0.3, 0.4) is 0 Å². The number of rotatable bonds is 4. The molecule has 1 aliphatic heterocycles. The molecule has 1 aromatic carbocycles. The van der Waals surface area contributed by atoms with E-state index in [4.69, 9.17) is 4.74 Å². The van der Waals surface area contributed by atoms with E-state index >= 15 is 0 Å². The van der Waals surface area contributed by atoms with Gasteiger partial charge in [0.2, 0.25) is 0 Å². The van der Waals surface area contributed by atoms with Gasteiger partial charge in [-0.25, -0.2) is 0 Å². The molecule has 1 fully saturated rings. The number of nitrogens with zero attached hydrogens (tertiary/aromatic N) is 1. The number of nitrogens with one attached hydrogen (secondary N) is 1. The van der Waals surface area contributed by atoms with Crippen LogP contribution in [0, 0.1) is 6.92 Å². The van der Waals surface area contributed by atoms with E-state index in [0.717, 1.165) is 18.0 Å². The maximum atomic E-state index is 5.43. The molecule has 2 rings (SSSR count). The highest BCUT2D eigenvalue weighted by Gasteiger charge is 2.24. The standard InChI is InChI=1S/C15H24N2O/c1-11(2)17-8-7-13(10-17)16-14-6-5-12(3)9-15(14)18-4/h5-6,9,11,13,16H,7-8,10H2,1-4H3. The Morgan fingerprint density at radius 2 is 2.17 bits per heavy atom. The summed E-state index contributed by atoms with van der Waals surface area (Å²) in [5.74, 6) is 0.943. The molecule has 1 saturated heterocycles. The van der Waals surface area contributed by atoms with Crippen molar-refractivity contribution in [2.24, 2.45) is 0 Å². The van der Waals surface area contributed by atoms with Gasteiger partial charge in [-0.1, -0.05) is 6.07 Å². The van der Waals surface area contributed by atoms with Crippen molar-refractivity contribution >= 4 is 5.69 Å². The van der Waals surface area contributed by atoms with E-state index in [9.17, 15) is 0 Å². The van der Waals surface area contributed by atoms with Crippen LogP contribution in [-0.2, 0) is 0 Å². The van der Waals surface area contributed by atoms with E-state index < -0.39 is 0 Å². The van der Waals surface area contributed by atoms with Crippen LogP contribution < -0.4 is 10.1 Å². The SMILES string of the molecule is COc1cc(C)ccc1NC1CCN(C(C)C)C1. The normalized spacial score (nSPS) is 20.4. The molecule has 3 nitrogen and oxygen atoms in total. The Kier molecular flexibility index (Phi) is 4.12. The predicted octanol–water partition coefficient (Wildman–Crippen LogP) is 2.90. The second-order valence-electron chi connectivity index (χ2n) is 5.42. The van der Waals surface area contributed by atoms with E-state index in [1.165, 1.54) is 18.5 Å². The van der Waals surface area contributed by atoms with Crippen molar-refractivity contribution in [3.63, 3.8) is 0 Å². The molecule has 1 unspecified atom stereocenters. The number of ether oxygens (including phenoxy) is 1. The minimum atomic E-state index is 0.531. The van der Waals surface area contributed by atoms with Gasteiger partial charge in [0.15, 0.2) is 0 Å². The first kappa shape index (κ1) is 13.2. The predicted molar refractivity (Wildman–Crippen MR) is 76.5 cm³/mol. The number of likely N-dealkylation sites (tertiary alicyclic amines) is 1. The van der Waals surface area contributed by atoms with Crippen molar-refractivity contribution in [1.29, 1.82) is 0 Å². The first-order chi connectivity index (χ1) is 8.60. The topological polar surface area (TPSA) is 24.5 Å². The van der Waals surface area contributed by atoms with Crippen LogP contribution in [0.5, 0.6) is 5.75 Å². The summed E-state index contributed by atoms with van der Waals surface area (Å²) in [5.41, 5.74) is 2.34. The molecule has 1 aliphatic rings. The van der Waals surface area contributed by atoms with Crippen molar-refractivity contribution in [3.8, 4) is 5.75 Å². The molecule has 1 heterocycles. The van der Waals surface area contributed by atoms with Crippen LogP contribution in [0.15, 0.2) is 18.2 Å². The number of hydrogen-bond donors (Lipinski definition) is 1. The smallest absolute Gasteiger partial charge is 0.142 e. The Hall–Kier alpha value is -1.22. The van der Waals surface area contributed by atoms with Crippen molar-refractivity contribution in [1.82, 2.24) is 4.90 Å². The van der Waals surface area contributed by atoms with Gasteiger partial charge in [0.05, 0.1) is 12.8 Å². The zero-order valence-corrected chi connectivity index (χ0v) is 11.9. The van der Waals surface area contributed by atoms with Crippen molar-refractivity contribution in [2.45, 2.75) is 39.3 Å². The fourth-order valence-corrected chi connectivity index (χ4v) is 2.51. The third-order valence-corrected chi connectivity index (χ3v) is 3.67. The molecule has 0 spiro atoms. The molecule has 18 heavy (non-hydrogen) atoms. The Labute approximate surface area is 110 Å². The van der Waals surface area contributed by atoms with Gasteiger partial charge in [-0.3, -0.25) is 4.90 Å². The lowest BCUT2D eigenvalue weighted by Gasteiger charge is -2.21. The van der Waals surface area contributed by atoms with Crippen LogP contribution in [-0.4, -0.2) is 37.2 Å². The third kappa shape index (κ3) is 2.96. The summed E-state index contributed by atoms with van der Waals surface area (Å²) in [7, 11) is 1.73. The summed E-state index contributed by atoms with van der Waals surface area (Å²) in [4.78, 5) is 2.51. The van der Waals surface area contributed by atoms with Crippen LogP contribution in [0.25, 0.3) is 0 Å². The summed E-state index contributed by atoms with van der Waals surface area (Å²) in [6.45, 7) is 8.91. The van der Waals surface area contributed by atoms with E-state index in [2.05, 4.69) is 49.2 Å². The Morgan fingerprint density at radius 3 is 2.78 bits per heavy atom. The van der Waals surface area contributed by atoms with Gasteiger partial charge in [-0.05, 0) is 44.9 Å². The molecule has 3 heteroatoms. The van der Waals surface area contributed by atoms with Crippen molar-refractivity contribution in [2.75, 3.05) is 25.5 Å². The second-order valence-corrected chi connectivity index (χ2v) is 5.42. The second kappa shape index (κ2) is 5.61. The summed E-state index contributed by atoms with van der Waals surface area (Å²) in [5, 5.41) is 3.61. The lowest BCUT2D eigenvalue weighted by molar-refractivity contribution is 0.274. The highest BCUT2D eigenvalue weighted by molar-refractivity contribution is 5.58. The van der Waals surface area contributed by atoms with E-state index in [1.54, 1.807) is 7.11 Å². The Bertz CT molecular complexity index is 403. The number of benzene rings is 1. The maximum absolute atomic E-state index is 5.43. The Balaban J connectivity index is 2.02. The van der Waals surface area contributed by atoms with E-state index in [1.807, 2.05) is 0 Å². The zero-order chi connectivity index (χ0) is 13.1. The van der Waals surface area contributed by atoms with Gasteiger partial charge in [-0.15, -0.1) is 0 Å². The number of aryl methyl sites for hydroxylation is 1. The average molecular weight is 248 g/mol. The summed E-state index contributed by atoms with van der Waals surface area (Å²) in [6, 6.07) is 7.49. The monoisotopic (exact) mass is 248 g/mol. The lowest BCUT2D eigenvalue weighted by Crippen LogP contribution is -2.31. The first-order valence-corrected chi connectivity index (χ1v) is 6.75. The highest BCUT2D eigenvalue weighted by atomic mass is 16.5. The molecule has 1 atom stereocenters. The van der Waals surface area contributed by atoms with Crippen LogP contribution in [0.1, 0.15) is 25.8 Å². The largest absolute Gasteiger partial charge is 0.495 e. The molecule has 0 aliphatic carbocycles. The molecular weight excluding hydrogens is 224 g/mol. The van der Waals surface area contributed by atoms with Gasteiger partial charge in [0.25, 0.3) is 0 Å². The molecular formula is C15H24N2O. The molecule has 0 radical (unpaired) electrons. The number of hydrogen-bond acceptors (Lipinski definition) is 3. The third-order valence-electron chi connectivity index (χ3n) is 3.67. The first-order valence-electron chi connectivity index (χ1n) is 6.75.